The Hall–Kier alpha value is -0.580. The summed E-state index contributed by atoms with van der Waals surface area (Å²) in [5.74, 6) is 0.940. The molecule has 1 aliphatic rings. The van der Waals surface area contributed by atoms with Crippen LogP contribution in [0.15, 0.2) is 28.7 Å². The summed E-state index contributed by atoms with van der Waals surface area (Å²) in [7, 11) is 0. The zero-order valence-electron chi connectivity index (χ0n) is 11.8. The van der Waals surface area contributed by atoms with Crippen LogP contribution in [0.3, 0.4) is 0 Å². The molecule has 106 valence electrons. The molecule has 2 rings (SSSR count). The van der Waals surface area contributed by atoms with Crippen LogP contribution in [0.1, 0.15) is 20.3 Å². The molecule has 1 saturated heterocycles. The largest absolute Gasteiger partial charge is 0.492 e. The van der Waals surface area contributed by atoms with E-state index >= 15 is 0 Å². The molecule has 1 aromatic rings. The van der Waals surface area contributed by atoms with Gasteiger partial charge in [-0.05, 0) is 57.6 Å². The van der Waals surface area contributed by atoms with Gasteiger partial charge in [0, 0.05) is 23.1 Å². The minimum Gasteiger partial charge on any atom is -0.492 e. The minimum atomic E-state index is 0.202. The Kier molecular flexibility index (Phi) is 5.25. The van der Waals surface area contributed by atoms with E-state index in [9.17, 15) is 0 Å². The summed E-state index contributed by atoms with van der Waals surface area (Å²) in [5.41, 5.74) is 0.202. The molecule has 0 amide bonds. The van der Waals surface area contributed by atoms with Crippen molar-refractivity contribution in [3.63, 3.8) is 0 Å². The molecule has 1 N–H and O–H groups in total. The number of ether oxygens (including phenoxy) is 1. The van der Waals surface area contributed by atoms with Crippen LogP contribution >= 0.6 is 15.9 Å². The Morgan fingerprint density at radius 2 is 2.05 bits per heavy atom. The smallest absolute Gasteiger partial charge is 0.119 e. The van der Waals surface area contributed by atoms with Crippen LogP contribution in [0.5, 0.6) is 5.75 Å². The third-order valence-electron chi connectivity index (χ3n) is 3.36. The van der Waals surface area contributed by atoms with Gasteiger partial charge in [-0.2, -0.15) is 0 Å². The third-order valence-corrected chi connectivity index (χ3v) is 3.89. The molecule has 1 aromatic carbocycles. The van der Waals surface area contributed by atoms with Crippen molar-refractivity contribution in [2.24, 2.45) is 0 Å². The summed E-state index contributed by atoms with van der Waals surface area (Å²) in [6.07, 6.45) is 1.21. The van der Waals surface area contributed by atoms with Gasteiger partial charge in [0.05, 0.1) is 0 Å². The van der Waals surface area contributed by atoms with E-state index in [2.05, 4.69) is 40.0 Å². The number of hydrogen-bond donors (Lipinski definition) is 1. The lowest BCUT2D eigenvalue weighted by atomic mass is 10.1. The van der Waals surface area contributed by atoms with Crippen LogP contribution in [-0.2, 0) is 0 Å². The first-order chi connectivity index (χ1) is 9.05. The molecule has 0 bridgehead atoms. The number of nitrogens with zero attached hydrogens (tertiary/aromatic N) is 1. The van der Waals surface area contributed by atoms with E-state index in [1.807, 2.05) is 24.3 Å². The van der Waals surface area contributed by atoms with E-state index in [4.69, 9.17) is 4.74 Å². The van der Waals surface area contributed by atoms with Gasteiger partial charge >= 0.3 is 0 Å². The molecular weight excluding hydrogens is 304 g/mol. The fourth-order valence-corrected chi connectivity index (χ4v) is 2.70. The van der Waals surface area contributed by atoms with E-state index in [1.165, 1.54) is 6.42 Å². The molecule has 0 spiro atoms. The SMILES string of the molecule is CC1(C)CN(CCOc2ccc(Br)cc2)CCCN1. The van der Waals surface area contributed by atoms with Crippen LogP contribution < -0.4 is 10.1 Å². The van der Waals surface area contributed by atoms with Crippen LogP contribution in [0.25, 0.3) is 0 Å². The van der Waals surface area contributed by atoms with E-state index < -0.39 is 0 Å². The van der Waals surface area contributed by atoms with Gasteiger partial charge in [0.15, 0.2) is 0 Å². The van der Waals surface area contributed by atoms with Crippen LogP contribution in [0.4, 0.5) is 0 Å². The van der Waals surface area contributed by atoms with Crippen molar-refractivity contribution in [2.45, 2.75) is 25.8 Å². The molecule has 19 heavy (non-hydrogen) atoms. The summed E-state index contributed by atoms with van der Waals surface area (Å²) in [6, 6.07) is 8.01. The molecule has 0 radical (unpaired) electrons. The Balaban J connectivity index is 1.77. The monoisotopic (exact) mass is 326 g/mol. The summed E-state index contributed by atoms with van der Waals surface area (Å²) in [5, 5.41) is 3.58. The normalized spacial score (nSPS) is 19.9. The van der Waals surface area contributed by atoms with E-state index in [0.29, 0.717) is 0 Å². The van der Waals surface area contributed by atoms with Crippen molar-refractivity contribution in [3.8, 4) is 5.75 Å². The highest BCUT2D eigenvalue weighted by molar-refractivity contribution is 9.10. The van der Waals surface area contributed by atoms with Crippen molar-refractivity contribution < 1.29 is 4.74 Å². The van der Waals surface area contributed by atoms with Crippen molar-refractivity contribution in [2.75, 3.05) is 32.8 Å². The number of rotatable bonds is 4. The maximum Gasteiger partial charge on any atom is 0.119 e. The average molecular weight is 327 g/mol. The van der Waals surface area contributed by atoms with E-state index in [0.717, 1.165) is 43.0 Å². The molecule has 0 aliphatic carbocycles. The highest BCUT2D eigenvalue weighted by atomic mass is 79.9. The fourth-order valence-electron chi connectivity index (χ4n) is 2.44. The van der Waals surface area contributed by atoms with Gasteiger partial charge in [-0.1, -0.05) is 15.9 Å². The third kappa shape index (κ3) is 5.13. The Labute approximate surface area is 124 Å². The van der Waals surface area contributed by atoms with Crippen LogP contribution in [-0.4, -0.2) is 43.2 Å². The molecule has 1 fully saturated rings. The van der Waals surface area contributed by atoms with Gasteiger partial charge in [0.25, 0.3) is 0 Å². The topological polar surface area (TPSA) is 24.5 Å². The molecule has 0 aromatic heterocycles. The van der Waals surface area contributed by atoms with Crippen molar-refractivity contribution in [1.82, 2.24) is 10.2 Å². The summed E-state index contributed by atoms with van der Waals surface area (Å²) in [6.45, 7) is 9.61. The highest BCUT2D eigenvalue weighted by Crippen LogP contribution is 2.16. The van der Waals surface area contributed by atoms with Gasteiger partial charge in [0.1, 0.15) is 12.4 Å². The first-order valence-corrected chi connectivity index (χ1v) is 7.70. The maximum atomic E-state index is 5.79. The first kappa shape index (κ1) is 14.8. The summed E-state index contributed by atoms with van der Waals surface area (Å²) >= 11 is 3.43. The highest BCUT2D eigenvalue weighted by Gasteiger charge is 2.23. The Bertz CT molecular complexity index is 392. The lowest BCUT2D eigenvalue weighted by Crippen LogP contribution is -2.47. The van der Waals surface area contributed by atoms with E-state index in [1.54, 1.807) is 0 Å². The van der Waals surface area contributed by atoms with Crippen molar-refractivity contribution in [3.05, 3.63) is 28.7 Å². The van der Waals surface area contributed by atoms with Crippen LogP contribution in [0, 0.1) is 0 Å². The first-order valence-electron chi connectivity index (χ1n) is 6.91. The van der Waals surface area contributed by atoms with E-state index in [-0.39, 0.29) is 5.54 Å². The number of benzene rings is 1. The van der Waals surface area contributed by atoms with Gasteiger partial charge < -0.3 is 10.1 Å². The number of nitrogens with one attached hydrogen (secondary N) is 1. The van der Waals surface area contributed by atoms with Crippen LogP contribution in [0.2, 0.25) is 0 Å². The molecule has 0 saturated carbocycles. The minimum absolute atomic E-state index is 0.202. The molecule has 1 aliphatic heterocycles. The predicted octanol–water partition coefficient (Wildman–Crippen LogP) is 2.90. The molecule has 0 atom stereocenters. The van der Waals surface area contributed by atoms with Crippen molar-refractivity contribution in [1.29, 1.82) is 0 Å². The van der Waals surface area contributed by atoms with Gasteiger partial charge in [-0.25, -0.2) is 0 Å². The average Bonchev–Trinajstić information content (AvgIpc) is 2.52. The lowest BCUT2D eigenvalue weighted by Gasteiger charge is -2.29. The predicted molar refractivity (Wildman–Crippen MR) is 82.8 cm³/mol. The van der Waals surface area contributed by atoms with Gasteiger partial charge in [-0.15, -0.1) is 0 Å². The molecule has 0 unspecified atom stereocenters. The lowest BCUT2D eigenvalue weighted by molar-refractivity contribution is 0.187. The zero-order chi connectivity index (χ0) is 13.7. The molecule has 1 heterocycles. The summed E-state index contributed by atoms with van der Waals surface area (Å²) < 4.78 is 6.87. The molecule has 3 nitrogen and oxygen atoms in total. The number of hydrogen-bond acceptors (Lipinski definition) is 3. The Morgan fingerprint density at radius 3 is 2.79 bits per heavy atom. The second kappa shape index (κ2) is 6.73. The second-order valence-corrected chi connectivity index (χ2v) is 6.66. The second-order valence-electron chi connectivity index (χ2n) is 5.74. The standard InChI is InChI=1S/C15H23BrN2O/c1-15(2)12-18(9-3-8-17-15)10-11-19-14-6-4-13(16)5-7-14/h4-7,17H,3,8-12H2,1-2H3. The number of halogens is 1. The Morgan fingerprint density at radius 1 is 1.32 bits per heavy atom. The fraction of sp³-hybridized carbons (Fsp3) is 0.600. The zero-order valence-corrected chi connectivity index (χ0v) is 13.4. The van der Waals surface area contributed by atoms with Gasteiger partial charge in [0.2, 0.25) is 0 Å². The molecule has 4 heteroatoms. The molecular formula is C15H23BrN2O. The quantitative estimate of drug-likeness (QED) is 0.920. The van der Waals surface area contributed by atoms with Gasteiger partial charge in [-0.3, -0.25) is 4.90 Å². The van der Waals surface area contributed by atoms with Crippen molar-refractivity contribution >= 4 is 15.9 Å². The summed E-state index contributed by atoms with van der Waals surface area (Å²) in [4.78, 5) is 2.48. The maximum absolute atomic E-state index is 5.79.